The summed E-state index contributed by atoms with van der Waals surface area (Å²) in [6.07, 6.45) is 5.56. The summed E-state index contributed by atoms with van der Waals surface area (Å²) in [5, 5.41) is 5.58. The predicted molar refractivity (Wildman–Crippen MR) is 126 cm³/mol. The van der Waals surface area contributed by atoms with Crippen LogP contribution in [0, 0.1) is 5.92 Å². The molecule has 0 bridgehead atoms. The summed E-state index contributed by atoms with van der Waals surface area (Å²) in [4.78, 5) is 38.8. The van der Waals surface area contributed by atoms with Crippen LogP contribution in [0.5, 0.6) is 5.75 Å². The number of hydrogen-bond acceptors (Lipinski definition) is 5. The molecule has 2 heterocycles. The molecule has 2 amide bonds. The van der Waals surface area contributed by atoms with Gasteiger partial charge in [-0.2, -0.15) is 0 Å². The van der Waals surface area contributed by atoms with Crippen LogP contribution in [0.15, 0.2) is 41.5 Å². The number of para-hydroxylation sites is 1. The Hall–Kier alpha value is -3.13. The van der Waals surface area contributed by atoms with Gasteiger partial charge in [-0.1, -0.05) is 32.0 Å². The molecule has 0 unspecified atom stereocenters. The Morgan fingerprint density at radius 2 is 1.85 bits per heavy atom. The van der Waals surface area contributed by atoms with Crippen LogP contribution in [0.4, 0.5) is 0 Å². The summed E-state index contributed by atoms with van der Waals surface area (Å²) in [7, 11) is 1.59. The Labute approximate surface area is 194 Å². The number of pyridine rings is 1. The molecule has 8 nitrogen and oxygen atoms in total. The smallest absolute Gasteiger partial charge is 0.256 e. The molecule has 0 saturated carbocycles. The Morgan fingerprint density at radius 3 is 2.48 bits per heavy atom. The molecule has 1 aromatic carbocycles. The molecule has 8 heteroatoms. The van der Waals surface area contributed by atoms with Crippen molar-refractivity contribution in [1.82, 2.24) is 15.2 Å². The standard InChI is InChI=1S/C25H33N3O5/c1-17(2)10-11-26-24(30)20-15-28(14-18-7-4-5-9-22(18)32-3)16-21(23(20)29)25(31)27-13-19-8-6-12-33-19/h4-5,7,9,15-17,19H,6,8,10-14H2,1-3H3,(H,26,30)(H,27,31)/t19-/m0/s1. The van der Waals surface area contributed by atoms with Crippen molar-refractivity contribution in [2.45, 2.75) is 45.8 Å². The van der Waals surface area contributed by atoms with E-state index in [9.17, 15) is 14.4 Å². The number of carbonyl (C=O) groups is 2. The average molecular weight is 456 g/mol. The first-order valence-corrected chi connectivity index (χ1v) is 11.4. The van der Waals surface area contributed by atoms with Gasteiger partial charge in [-0.05, 0) is 31.2 Å². The number of rotatable bonds is 10. The van der Waals surface area contributed by atoms with Gasteiger partial charge in [0.25, 0.3) is 11.8 Å². The third kappa shape index (κ3) is 6.68. The summed E-state index contributed by atoms with van der Waals surface area (Å²) in [6.45, 7) is 5.92. The molecule has 0 spiro atoms. The van der Waals surface area contributed by atoms with Crippen molar-refractivity contribution < 1.29 is 19.1 Å². The summed E-state index contributed by atoms with van der Waals surface area (Å²) in [5.74, 6) is 0.107. The van der Waals surface area contributed by atoms with Crippen LogP contribution in [-0.2, 0) is 11.3 Å². The maximum absolute atomic E-state index is 13.1. The molecule has 1 saturated heterocycles. The van der Waals surface area contributed by atoms with Gasteiger partial charge in [0, 0.05) is 37.7 Å². The van der Waals surface area contributed by atoms with E-state index in [2.05, 4.69) is 24.5 Å². The number of nitrogens with one attached hydrogen (secondary N) is 2. The van der Waals surface area contributed by atoms with Crippen LogP contribution < -0.4 is 20.8 Å². The lowest BCUT2D eigenvalue weighted by Crippen LogP contribution is -2.38. The van der Waals surface area contributed by atoms with Crippen molar-refractivity contribution in [3.63, 3.8) is 0 Å². The second-order valence-corrected chi connectivity index (χ2v) is 8.68. The van der Waals surface area contributed by atoms with Crippen molar-refractivity contribution in [3.8, 4) is 5.75 Å². The number of benzene rings is 1. The molecule has 33 heavy (non-hydrogen) atoms. The van der Waals surface area contributed by atoms with E-state index >= 15 is 0 Å². The van der Waals surface area contributed by atoms with Crippen molar-refractivity contribution in [3.05, 3.63) is 63.6 Å². The third-order valence-corrected chi connectivity index (χ3v) is 5.64. The molecule has 1 atom stereocenters. The van der Waals surface area contributed by atoms with Crippen LogP contribution in [0.2, 0.25) is 0 Å². The average Bonchev–Trinajstić information content (AvgIpc) is 3.32. The van der Waals surface area contributed by atoms with Crippen LogP contribution in [0.3, 0.4) is 0 Å². The van der Waals surface area contributed by atoms with Gasteiger partial charge in [0.1, 0.15) is 16.9 Å². The maximum atomic E-state index is 13.1. The molecule has 0 aliphatic carbocycles. The molecule has 2 aromatic rings. The number of ether oxygens (including phenoxy) is 2. The van der Waals surface area contributed by atoms with E-state index in [1.165, 1.54) is 12.4 Å². The first-order chi connectivity index (χ1) is 15.9. The second kappa shape index (κ2) is 11.7. The third-order valence-electron chi connectivity index (χ3n) is 5.64. The highest BCUT2D eigenvalue weighted by atomic mass is 16.5. The molecule has 0 radical (unpaired) electrons. The fourth-order valence-corrected chi connectivity index (χ4v) is 3.75. The molecule has 1 aliphatic heterocycles. The first-order valence-electron chi connectivity index (χ1n) is 11.4. The zero-order valence-corrected chi connectivity index (χ0v) is 19.6. The fraction of sp³-hybridized carbons (Fsp3) is 0.480. The van der Waals surface area contributed by atoms with Crippen molar-refractivity contribution in [2.75, 3.05) is 26.8 Å². The number of carbonyl (C=O) groups excluding carboxylic acids is 2. The van der Waals surface area contributed by atoms with E-state index in [1.54, 1.807) is 11.7 Å². The van der Waals surface area contributed by atoms with E-state index in [0.29, 0.717) is 37.9 Å². The minimum Gasteiger partial charge on any atom is -0.496 e. The van der Waals surface area contributed by atoms with Gasteiger partial charge in [-0.15, -0.1) is 0 Å². The maximum Gasteiger partial charge on any atom is 0.256 e. The van der Waals surface area contributed by atoms with Gasteiger partial charge in [-0.3, -0.25) is 14.4 Å². The summed E-state index contributed by atoms with van der Waals surface area (Å²) in [5.41, 5.74) is 0.150. The SMILES string of the molecule is COc1ccccc1Cn1cc(C(=O)NCCC(C)C)c(=O)c(C(=O)NC[C@@H]2CCCO2)c1. The van der Waals surface area contributed by atoms with E-state index in [1.807, 2.05) is 24.3 Å². The molecular weight excluding hydrogens is 422 g/mol. The van der Waals surface area contributed by atoms with E-state index in [0.717, 1.165) is 24.8 Å². The Morgan fingerprint density at radius 1 is 1.15 bits per heavy atom. The van der Waals surface area contributed by atoms with Crippen LogP contribution in [-0.4, -0.2) is 49.3 Å². The second-order valence-electron chi connectivity index (χ2n) is 8.68. The van der Waals surface area contributed by atoms with Gasteiger partial charge in [0.05, 0.1) is 19.8 Å². The zero-order valence-electron chi connectivity index (χ0n) is 19.6. The monoisotopic (exact) mass is 455 g/mol. The molecule has 1 aromatic heterocycles. The molecule has 1 aliphatic rings. The first kappa shape index (κ1) is 24.5. The van der Waals surface area contributed by atoms with Gasteiger partial charge >= 0.3 is 0 Å². The van der Waals surface area contributed by atoms with Gasteiger partial charge in [0.2, 0.25) is 5.43 Å². The lowest BCUT2D eigenvalue weighted by atomic mass is 10.1. The van der Waals surface area contributed by atoms with E-state index in [4.69, 9.17) is 9.47 Å². The highest BCUT2D eigenvalue weighted by molar-refractivity contribution is 5.99. The molecular formula is C25H33N3O5. The quantitative estimate of drug-likeness (QED) is 0.574. The number of nitrogens with zero attached hydrogens (tertiary/aromatic N) is 1. The highest BCUT2D eigenvalue weighted by Crippen LogP contribution is 2.19. The Kier molecular flexibility index (Phi) is 8.65. The zero-order chi connectivity index (χ0) is 23.8. The predicted octanol–water partition coefficient (Wildman–Crippen LogP) is 2.59. The Balaban J connectivity index is 1.89. The van der Waals surface area contributed by atoms with E-state index < -0.39 is 17.2 Å². The van der Waals surface area contributed by atoms with Crippen LogP contribution in [0.25, 0.3) is 0 Å². The van der Waals surface area contributed by atoms with Gasteiger partial charge in [0.15, 0.2) is 0 Å². The largest absolute Gasteiger partial charge is 0.496 e. The van der Waals surface area contributed by atoms with Crippen molar-refractivity contribution >= 4 is 11.8 Å². The molecule has 1 fully saturated rings. The fourth-order valence-electron chi connectivity index (χ4n) is 3.75. The normalized spacial score (nSPS) is 15.5. The Bertz CT molecular complexity index is 1020. The molecule has 3 rings (SSSR count). The topological polar surface area (TPSA) is 98.7 Å². The van der Waals surface area contributed by atoms with Crippen LogP contribution in [0.1, 0.15) is 59.4 Å². The minimum absolute atomic E-state index is 0.0488. The van der Waals surface area contributed by atoms with Gasteiger partial charge in [-0.25, -0.2) is 0 Å². The highest BCUT2D eigenvalue weighted by Gasteiger charge is 2.22. The lowest BCUT2D eigenvalue weighted by molar-refractivity contribution is 0.0856. The number of hydrogen-bond donors (Lipinski definition) is 2. The molecule has 2 N–H and O–H groups in total. The number of methoxy groups -OCH3 is 1. The van der Waals surface area contributed by atoms with E-state index in [-0.39, 0.29) is 17.2 Å². The summed E-state index contributed by atoms with van der Waals surface area (Å²) < 4.78 is 12.6. The van der Waals surface area contributed by atoms with Gasteiger partial charge < -0.3 is 24.7 Å². The minimum atomic E-state index is -0.585. The summed E-state index contributed by atoms with van der Waals surface area (Å²) in [6, 6.07) is 7.49. The van der Waals surface area contributed by atoms with Crippen molar-refractivity contribution in [2.24, 2.45) is 5.92 Å². The van der Waals surface area contributed by atoms with Crippen LogP contribution >= 0.6 is 0 Å². The summed E-state index contributed by atoms with van der Waals surface area (Å²) >= 11 is 0. The molecule has 178 valence electrons. The number of amides is 2. The number of aromatic nitrogens is 1. The lowest BCUT2D eigenvalue weighted by Gasteiger charge is -2.15. The van der Waals surface area contributed by atoms with Crippen molar-refractivity contribution in [1.29, 1.82) is 0 Å².